The monoisotopic (exact) mass is 227 g/mol. The number of methoxy groups -OCH3 is 1. The Kier molecular flexibility index (Phi) is 3.39. The van der Waals surface area contributed by atoms with E-state index in [0.717, 1.165) is 0 Å². The maximum absolute atomic E-state index is 11.2. The van der Waals surface area contributed by atoms with Gasteiger partial charge in [-0.2, -0.15) is 5.26 Å². The fourth-order valence-electron chi connectivity index (χ4n) is 0.981. The summed E-state index contributed by atoms with van der Waals surface area (Å²) in [6, 6.07) is 4.75. The molecule has 0 aliphatic heterocycles. The SMILES string of the molecule is COC(=O)c1cc(Cl)cc(S)c1C#N. The van der Waals surface area contributed by atoms with Gasteiger partial charge in [0, 0.05) is 9.92 Å². The van der Waals surface area contributed by atoms with Crippen molar-refractivity contribution in [1.29, 1.82) is 5.26 Å². The molecule has 0 N–H and O–H groups in total. The van der Waals surface area contributed by atoms with Crippen molar-refractivity contribution in [3.05, 3.63) is 28.3 Å². The van der Waals surface area contributed by atoms with E-state index in [1.165, 1.54) is 19.2 Å². The van der Waals surface area contributed by atoms with Gasteiger partial charge in [-0.25, -0.2) is 4.79 Å². The van der Waals surface area contributed by atoms with Crippen LogP contribution in [-0.4, -0.2) is 13.1 Å². The topological polar surface area (TPSA) is 50.1 Å². The number of esters is 1. The molecule has 1 aromatic carbocycles. The number of nitrogens with zero attached hydrogens (tertiary/aromatic N) is 1. The molecule has 0 saturated heterocycles. The quantitative estimate of drug-likeness (QED) is 0.592. The van der Waals surface area contributed by atoms with Crippen molar-refractivity contribution in [3.8, 4) is 6.07 Å². The van der Waals surface area contributed by atoms with Crippen molar-refractivity contribution in [2.45, 2.75) is 4.90 Å². The molecular weight excluding hydrogens is 222 g/mol. The Bertz CT molecular complexity index is 426. The molecule has 0 fully saturated rings. The Morgan fingerprint density at radius 2 is 2.29 bits per heavy atom. The van der Waals surface area contributed by atoms with Crippen molar-refractivity contribution in [1.82, 2.24) is 0 Å². The fourth-order valence-corrected chi connectivity index (χ4v) is 1.58. The minimum atomic E-state index is -0.598. The van der Waals surface area contributed by atoms with Gasteiger partial charge in [0.15, 0.2) is 0 Å². The second-order valence-corrected chi connectivity index (χ2v) is 3.37. The first kappa shape index (κ1) is 10.9. The summed E-state index contributed by atoms with van der Waals surface area (Å²) in [7, 11) is 1.24. The van der Waals surface area contributed by atoms with E-state index in [1.54, 1.807) is 0 Å². The highest BCUT2D eigenvalue weighted by molar-refractivity contribution is 7.80. The van der Waals surface area contributed by atoms with E-state index in [-0.39, 0.29) is 11.1 Å². The third-order valence-corrected chi connectivity index (χ3v) is 2.17. The second-order valence-electron chi connectivity index (χ2n) is 2.45. The van der Waals surface area contributed by atoms with Crippen LogP contribution in [0.3, 0.4) is 0 Å². The molecule has 0 amide bonds. The normalized spacial score (nSPS) is 9.29. The zero-order chi connectivity index (χ0) is 10.7. The predicted octanol–water partition coefficient (Wildman–Crippen LogP) is 2.29. The van der Waals surface area contributed by atoms with Crippen LogP contribution < -0.4 is 0 Å². The smallest absolute Gasteiger partial charge is 0.339 e. The lowest BCUT2D eigenvalue weighted by atomic mass is 10.1. The first-order valence-corrected chi connectivity index (χ1v) is 4.43. The Hall–Kier alpha value is -1.18. The van der Waals surface area contributed by atoms with Crippen molar-refractivity contribution in [2.24, 2.45) is 0 Å². The van der Waals surface area contributed by atoms with Crippen LogP contribution in [0.15, 0.2) is 17.0 Å². The molecule has 1 rings (SSSR count). The zero-order valence-corrected chi connectivity index (χ0v) is 8.89. The van der Waals surface area contributed by atoms with Crippen molar-refractivity contribution in [2.75, 3.05) is 7.11 Å². The molecule has 0 spiro atoms. The third-order valence-electron chi connectivity index (χ3n) is 1.60. The zero-order valence-electron chi connectivity index (χ0n) is 7.24. The van der Waals surface area contributed by atoms with Gasteiger partial charge in [0.1, 0.15) is 6.07 Å². The molecule has 72 valence electrons. The summed E-state index contributed by atoms with van der Waals surface area (Å²) in [6.45, 7) is 0. The van der Waals surface area contributed by atoms with Gasteiger partial charge in [-0.1, -0.05) is 11.6 Å². The van der Waals surface area contributed by atoms with Crippen LogP contribution in [0.25, 0.3) is 0 Å². The van der Waals surface area contributed by atoms with E-state index in [0.29, 0.717) is 9.92 Å². The minimum absolute atomic E-state index is 0.132. The van der Waals surface area contributed by atoms with Crippen LogP contribution >= 0.6 is 24.2 Å². The Labute approximate surface area is 91.7 Å². The van der Waals surface area contributed by atoms with E-state index in [1.807, 2.05) is 6.07 Å². The highest BCUT2D eigenvalue weighted by Crippen LogP contribution is 2.23. The highest BCUT2D eigenvalue weighted by atomic mass is 35.5. The number of ether oxygens (including phenoxy) is 1. The van der Waals surface area contributed by atoms with Gasteiger partial charge in [-0.15, -0.1) is 12.6 Å². The van der Waals surface area contributed by atoms with Crippen LogP contribution in [0.2, 0.25) is 5.02 Å². The van der Waals surface area contributed by atoms with Gasteiger partial charge in [0.2, 0.25) is 0 Å². The van der Waals surface area contributed by atoms with Gasteiger partial charge < -0.3 is 4.74 Å². The number of hydrogen-bond donors (Lipinski definition) is 1. The van der Waals surface area contributed by atoms with Crippen molar-refractivity contribution in [3.63, 3.8) is 0 Å². The number of halogens is 1. The molecule has 0 heterocycles. The molecule has 0 aromatic heterocycles. The predicted molar refractivity (Wildman–Crippen MR) is 54.8 cm³/mol. The first-order valence-electron chi connectivity index (χ1n) is 3.61. The number of benzene rings is 1. The molecule has 1 aromatic rings. The summed E-state index contributed by atoms with van der Waals surface area (Å²) in [5.74, 6) is -0.598. The number of thiol groups is 1. The van der Waals surface area contributed by atoms with Crippen LogP contribution in [0.1, 0.15) is 15.9 Å². The van der Waals surface area contributed by atoms with E-state index < -0.39 is 5.97 Å². The molecule has 0 bridgehead atoms. The van der Waals surface area contributed by atoms with Crippen LogP contribution in [0.4, 0.5) is 0 Å². The van der Waals surface area contributed by atoms with Crippen molar-refractivity contribution < 1.29 is 9.53 Å². The molecule has 0 atom stereocenters. The molecule has 0 aliphatic rings. The maximum atomic E-state index is 11.2. The molecule has 0 unspecified atom stereocenters. The van der Waals surface area contributed by atoms with Gasteiger partial charge in [0.05, 0.1) is 18.2 Å². The first-order chi connectivity index (χ1) is 6.60. The molecular formula is C9H6ClNO2S. The second kappa shape index (κ2) is 4.36. The molecule has 14 heavy (non-hydrogen) atoms. The lowest BCUT2D eigenvalue weighted by Gasteiger charge is -2.04. The molecule has 0 saturated carbocycles. The summed E-state index contributed by atoms with van der Waals surface area (Å²) < 4.78 is 4.51. The number of hydrogen-bond acceptors (Lipinski definition) is 4. The Morgan fingerprint density at radius 3 is 2.79 bits per heavy atom. The summed E-state index contributed by atoms with van der Waals surface area (Å²) >= 11 is 9.75. The number of rotatable bonds is 1. The summed E-state index contributed by atoms with van der Waals surface area (Å²) in [5, 5.41) is 9.13. The van der Waals surface area contributed by atoms with Gasteiger partial charge in [0.25, 0.3) is 0 Å². The van der Waals surface area contributed by atoms with E-state index >= 15 is 0 Å². The molecule has 3 nitrogen and oxygen atoms in total. The van der Waals surface area contributed by atoms with E-state index in [9.17, 15) is 4.79 Å². The minimum Gasteiger partial charge on any atom is -0.465 e. The van der Waals surface area contributed by atoms with Crippen molar-refractivity contribution >= 4 is 30.2 Å². The van der Waals surface area contributed by atoms with E-state index in [2.05, 4.69) is 17.4 Å². The molecule has 5 heteroatoms. The Balaban J connectivity index is 3.41. The van der Waals surface area contributed by atoms with Gasteiger partial charge >= 0.3 is 5.97 Å². The largest absolute Gasteiger partial charge is 0.465 e. The van der Waals surface area contributed by atoms with E-state index in [4.69, 9.17) is 16.9 Å². The van der Waals surface area contributed by atoms with Crippen LogP contribution in [-0.2, 0) is 4.74 Å². The molecule has 0 aliphatic carbocycles. The number of carbonyl (C=O) groups is 1. The Morgan fingerprint density at radius 1 is 1.64 bits per heavy atom. The number of carbonyl (C=O) groups excluding carboxylic acids is 1. The highest BCUT2D eigenvalue weighted by Gasteiger charge is 2.15. The molecule has 0 radical (unpaired) electrons. The lowest BCUT2D eigenvalue weighted by Crippen LogP contribution is -2.04. The maximum Gasteiger partial charge on any atom is 0.339 e. The van der Waals surface area contributed by atoms with Gasteiger partial charge in [-0.3, -0.25) is 0 Å². The fraction of sp³-hybridized carbons (Fsp3) is 0.111. The summed E-state index contributed by atoms with van der Waals surface area (Å²) in [6.07, 6.45) is 0. The average molecular weight is 228 g/mol. The van der Waals surface area contributed by atoms with Crippen LogP contribution in [0, 0.1) is 11.3 Å². The summed E-state index contributed by atoms with van der Waals surface area (Å²) in [4.78, 5) is 11.6. The van der Waals surface area contributed by atoms with Crippen LogP contribution in [0.5, 0.6) is 0 Å². The third kappa shape index (κ3) is 2.00. The summed E-state index contributed by atoms with van der Waals surface area (Å²) in [5.41, 5.74) is 0.303. The average Bonchev–Trinajstić information content (AvgIpc) is 2.15. The number of nitriles is 1. The van der Waals surface area contributed by atoms with Gasteiger partial charge in [-0.05, 0) is 12.1 Å². The lowest BCUT2D eigenvalue weighted by molar-refractivity contribution is 0.0600. The standard InChI is InChI=1S/C9H6ClNO2S/c1-13-9(12)6-2-5(10)3-8(14)7(6)4-11/h2-3,14H,1H3.